The topological polar surface area (TPSA) is 35.8 Å². The summed E-state index contributed by atoms with van der Waals surface area (Å²) in [4.78, 5) is 0. The van der Waals surface area contributed by atoms with Crippen LogP contribution in [0.1, 0.15) is 54.0 Å². The van der Waals surface area contributed by atoms with E-state index in [1.807, 2.05) is 6.07 Å². The van der Waals surface area contributed by atoms with Crippen LogP contribution >= 0.6 is 0 Å². The fourth-order valence-corrected chi connectivity index (χ4v) is 3.28. The molecule has 17 heavy (non-hydrogen) atoms. The van der Waals surface area contributed by atoms with Crippen molar-refractivity contribution in [2.24, 2.45) is 0 Å². The molecule has 1 saturated heterocycles. The Bertz CT molecular complexity index is 465. The van der Waals surface area contributed by atoms with Crippen LogP contribution in [0.25, 0.3) is 0 Å². The predicted molar refractivity (Wildman–Crippen MR) is 67.8 cm³/mol. The molecule has 0 spiro atoms. The molecule has 2 nitrogen and oxygen atoms in total. The first-order valence-corrected chi connectivity index (χ1v) is 6.68. The van der Waals surface area contributed by atoms with Crippen LogP contribution in [0.3, 0.4) is 0 Å². The average molecular weight is 226 g/mol. The normalized spacial score (nSPS) is 23.1. The van der Waals surface area contributed by atoms with Gasteiger partial charge in [0.2, 0.25) is 0 Å². The van der Waals surface area contributed by atoms with Gasteiger partial charge in [-0.25, -0.2) is 0 Å². The molecular weight excluding hydrogens is 208 g/mol. The summed E-state index contributed by atoms with van der Waals surface area (Å²) < 4.78 is 0. The third-order valence-electron chi connectivity index (χ3n) is 4.13. The number of hydrogen-bond acceptors (Lipinski definition) is 2. The van der Waals surface area contributed by atoms with Crippen molar-refractivity contribution in [3.05, 3.63) is 34.4 Å². The molecule has 1 N–H and O–H groups in total. The number of benzene rings is 1. The SMILES string of the molecule is N#Cc1ccc([C@H]2CCCN2)c2c1CCCC2. The molecule has 0 saturated carbocycles. The fraction of sp³-hybridized carbons (Fsp3) is 0.533. The first kappa shape index (κ1) is 10.8. The van der Waals surface area contributed by atoms with Gasteiger partial charge >= 0.3 is 0 Å². The summed E-state index contributed by atoms with van der Waals surface area (Å²) in [5, 5.41) is 12.8. The summed E-state index contributed by atoms with van der Waals surface area (Å²) in [6, 6.07) is 7.10. The number of hydrogen-bond donors (Lipinski definition) is 1. The standard InChI is InChI=1S/C15H18N2/c16-10-11-7-8-14(15-6-3-9-17-15)13-5-2-1-4-12(11)13/h7-8,15,17H,1-6,9H2/t15-/m1/s1. The van der Waals surface area contributed by atoms with Crippen molar-refractivity contribution in [2.45, 2.75) is 44.6 Å². The third-order valence-corrected chi connectivity index (χ3v) is 4.13. The summed E-state index contributed by atoms with van der Waals surface area (Å²) in [7, 11) is 0. The van der Waals surface area contributed by atoms with Crippen LogP contribution < -0.4 is 5.32 Å². The molecule has 1 aromatic rings. The zero-order valence-electron chi connectivity index (χ0n) is 10.1. The molecule has 0 bridgehead atoms. The molecule has 1 aromatic carbocycles. The van der Waals surface area contributed by atoms with Crippen molar-refractivity contribution in [3.8, 4) is 6.07 Å². The number of nitrogens with zero attached hydrogens (tertiary/aromatic N) is 1. The molecule has 0 amide bonds. The molecule has 1 aliphatic heterocycles. The molecule has 88 valence electrons. The van der Waals surface area contributed by atoms with Gasteiger partial charge in [-0.2, -0.15) is 5.26 Å². The van der Waals surface area contributed by atoms with Gasteiger partial charge in [-0.3, -0.25) is 0 Å². The Morgan fingerprint density at radius 3 is 2.65 bits per heavy atom. The molecule has 0 unspecified atom stereocenters. The van der Waals surface area contributed by atoms with Crippen molar-refractivity contribution >= 4 is 0 Å². The van der Waals surface area contributed by atoms with Crippen molar-refractivity contribution in [1.29, 1.82) is 5.26 Å². The van der Waals surface area contributed by atoms with Crippen LogP contribution in [0.15, 0.2) is 12.1 Å². The van der Waals surface area contributed by atoms with E-state index in [4.69, 9.17) is 0 Å². The highest BCUT2D eigenvalue weighted by molar-refractivity contribution is 5.49. The molecule has 2 heteroatoms. The minimum Gasteiger partial charge on any atom is -0.310 e. The van der Waals surface area contributed by atoms with Gasteiger partial charge in [0, 0.05) is 6.04 Å². The first-order valence-electron chi connectivity index (χ1n) is 6.68. The van der Waals surface area contributed by atoms with E-state index in [1.54, 1.807) is 0 Å². The molecule has 1 atom stereocenters. The molecule has 1 heterocycles. The lowest BCUT2D eigenvalue weighted by Gasteiger charge is -2.23. The highest BCUT2D eigenvalue weighted by Gasteiger charge is 2.23. The minimum absolute atomic E-state index is 0.537. The minimum atomic E-state index is 0.537. The second-order valence-corrected chi connectivity index (χ2v) is 5.13. The number of rotatable bonds is 1. The largest absolute Gasteiger partial charge is 0.310 e. The lowest BCUT2D eigenvalue weighted by atomic mass is 9.83. The Hall–Kier alpha value is -1.33. The van der Waals surface area contributed by atoms with Crippen LogP contribution in [0, 0.1) is 11.3 Å². The van der Waals surface area contributed by atoms with E-state index in [0.717, 1.165) is 18.5 Å². The summed E-state index contributed by atoms with van der Waals surface area (Å²) in [6.45, 7) is 1.14. The monoisotopic (exact) mass is 226 g/mol. The van der Waals surface area contributed by atoms with Gasteiger partial charge in [-0.15, -0.1) is 0 Å². The van der Waals surface area contributed by atoms with Crippen LogP contribution in [-0.2, 0) is 12.8 Å². The van der Waals surface area contributed by atoms with Gasteiger partial charge < -0.3 is 5.32 Å². The van der Waals surface area contributed by atoms with E-state index >= 15 is 0 Å². The van der Waals surface area contributed by atoms with Crippen molar-refractivity contribution < 1.29 is 0 Å². The summed E-state index contributed by atoms with van der Waals surface area (Å²) in [5.74, 6) is 0. The smallest absolute Gasteiger partial charge is 0.0994 e. The summed E-state index contributed by atoms with van der Waals surface area (Å²) in [5.41, 5.74) is 5.19. The predicted octanol–water partition coefficient (Wildman–Crippen LogP) is 2.86. The van der Waals surface area contributed by atoms with Gasteiger partial charge in [0.15, 0.2) is 0 Å². The van der Waals surface area contributed by atoms with Crippen molar-refractivity contribution in [3.63, 3.8) is 0 Å². The van der Waals surface area contributed by atoms with Crippen LogP contribution in [-0.4, -0.2) is 6.54 Å². The molecule has 2 aliphatic rings. The second-order valence-electron chi connectivity index (χ2n) is 5.13. The molecule has 0 radical (unpaired) electrons. The van der Waals surface area contributed by atoms with Crippen LogP contribution in [0.2, 0.25) is 0 Å². The van der Waals surface area contributed by atoms with Gasteiger partial charge in [0.05, 0.1) is 11.6 Å². The second kappa shape index (κ2) is 4.50. The van der Waals surface area contributed by atoms with Crippen LogP contribution in [0.4, 0.5) is 0 Å². The van der Waals surface area contributed by atoms with Crippen LogP contribution in [0.5, 0.6) is 0 Å². The fourth-order valence-electron chi connectivity index (χ4n) is 3.28. The highest BCUT2D eigenvalue weighted by atomic mass is 14.9. The maximum Gasteiger partial charge on any atom is 0.0994 e. The number of fused-ring (bicyclic) bond motifs is 1. The highest BCUT2D eigenvalue weighted by Crippen LogP contribution is 2.33. The number of nitriles is 1. The van der Waals surface area contributed by atoms with E-state index in [2.05, 4.69) is 17.5 Å². The molecule has 0 aromatic heterocycles. The summed E-state index contributed by atoms with van der Waals surface area (Å²) in [6.07, 6.45) is 7.31. The zero-order chi connectivity index (χ0) is 11.7. The van der Waals surface area contributed by atoms with Crippen molar-refractivity contribution in [1.82, 2.24) is 5.32 Å². The van der Waals surface area contributed by atoms with Gasteiger partial charge in [0.1, 0.15) is 0 Å². The molecule has 3 rings (SSSR count). The molecule has 1 aliphatic carbocycles. The number of nitrogens with one attached hydrogen (secondary N) is 1. The Morgan fingerprint density at radius 2 is 1.94 bits per heavy atom. The van der Waals surface area contributed by atoms with Gasteiger partial charge in [0.25, 0.3) is 0 Å². The van der Waals surface area contributed by atoms with Crippen molar-refractivity contribution in [2.75, 3.05) is 6.54 Å². The molecular formula is C15H18N2. The quantitative estimate of drug-likeness (QED) is 0.799. The maximum atomic E-state index is 9.18. The first-order chi connectivity index (χ1) is 8.40. The average Bonchev–Trinajstić information content (AvgIpc) is 2.91. The zero-order valence-corrected chi connectivity index (χ0v) is 10.1. The van der Waals surface area contributed by atoms with Gasteiger partial charge in [-0.05, 0) is 67.8 Å². The Kier molecular flexibility index (Phi) is 2.86. The van der Waals surface area contributed by atoms with E-state index in [1.165, 1.54) is 48.8 Å². The Balaban J connectivity index is 2.07. The van der Waals surface area contributed by atoms with E-state index < -0.39 is 0 Å². The Morgan fingerprint density at radius 1 is 1.12 bits per heavy atom. The van der Waals surface area contributed by atoms with E-state index in [0.29, 0.717) is 6.04 Å². The van der Waals surface area contributed by atoms with Gasteiger partial charge in [-0.1, -0.05) is 6.07 Å². The lowest BCUT2D eigenvalue weighted by Crippen LogP contribution is -2.17. The molecule has 1 fully saturated rings. The third kappa shape index (κ3) is 1.85. The lowest BCUT2D eigenvalue weighted by molar-refractivity contribution is 0.615. The maximum absolute atomic E-state index is 9.18. The summed E-state index contributed by atoms with van der Waals surface area (Å²) >= 11 is 0. The Labute approximate surface area is 103 Å². The van der Waals surface area contributed by atoms with E-state index in [-0.39, 0.29) is 0 Å². The van der Waals surface area contributed by atoms with E-state index in [9.17, 15) is 5.26 Å².